The Morgan fingerprint density at radius 2 is 1.79 bits per heavy atom. The van der Waals surface area contributed by atoms with Crippen molar-refractivity contribution in [2.75, 3.05) is 6.61 Å². The normalized spacial score (nSPS) is 15.5. The van der Waals surface area contributed by atoms with Gasteiger partial charge in [0.15, 0.2) is 0 Å². The number of halogens is 1. The average Bonchev–Trinajstić information content (AvgIpc) is 2.83. The molecule has 5 rings (SSSR count). The molecular formula is C30H29ClO3. The van der Waals surface area contributed by atoms with Gasteiger partial charge in [-0.25, -0.2) is 0 Å². The highest BCUT2D eigenvalue weighted by Gasteiger charge is 2.27. The van der Waals surface area contributed by atoms with Crippen LogP contribution in [0.1, 0.15) is 55.0 Å². The number of fused-ring (bicyclic) bond motifs is 3. The molecule has 3 nitrogen and oxygen atoms in total. The van der Waals surface area contributed by atoms with Crippen molar-refractivity contribution in [3.8, 4) is 17.2 Å². The van der Waals surface area contributed by atoms with E-state index in [0.717, 1.165) is 62.9 Å². The molecule has 3 aromatic rings. The summed E-state index contributed by atoms with van der Waals surface area (Å²) < 4.78 is 18.7. The van der Waals surface area contributed by atoms with Gasteiger partial charge in [-0.2, -0.15) is 0 Å². The maximum absolute atomic E-state index is 6.33. The van der Waals surface area contributed by atoms with Crippen molar-refractivity contribution in [3.63, 3.8) is 0 Å². The molecule has 2 aliphatic heterocycles. The minimum atomic E-state index is -0.312. The minimum Gasteiger partial charge on any atom is -0.488 e. The molecule has 0 atom stereocenters. The predicted octanol–water partition coefficient (Wildman–Crippen LogP) is 7.99. The summed E-state index contributed by atoms with van der Waals surface area (Å²) in [6.45, 7) is 7.26. The molecule has 0 N–H and O–H groups in total. The van der Waals surface area contributed by atoms with Crippen molar-refractivity contribution in [1.29, 1.82) is 0 Å². The first kappa shape index (κ1) is 22.6. The Morgan fingerprint density at radius 1 is 1.00 bits per heavy atom. The first-order valence-electron chi connectivity index (χ1n) is 11.8. The van der Waals surface area contributed by atoms with Gasteiger partial charge in [-0.15, -0.1) is 0 Å². The zero-order chi connectivity index (χ0) is 23.7. The Hall–Kier alpha value is -3.17. The number of rotatable bonds is 6. The van der Waals surface area contributed by atoms with Crippen LogP contribution in [-0.2, 0) is 13.0 Å². The van der Waals surface area contributed by atoms with E-state index >= 15 is 0 Å². The zero-order valence-electron chi connectivity index (χ0n) is 19.9. The van der Waals surface area contributed by atoms with Crippen LogP contribution in [0.15, 0.2) is 60.7 Å². The lowest BCUT2D eigenvalue weighted by atomic mass is 9.94. The molecule has 3 aromatic carbocycles. The SMILES string of the molecule is CCCc1ccc(C2=Cc3ccc4c(c3OC2)C=CC(C)(C)O4)c(OCc2ccc(Cl)cc2)c1. The molecule has 0 saturated carbocycles. The average molecular weight is 473 g/mol. The summed E-state index contributed by atoms with van der Waals surface area (Å²) >= 11 is 6.04. The molecule has 4 heteroatoms. The lowest BCUT2D eigenvalue weighted by molar-refractivity contribution is 0.158. The molecule has 0 unspecified atom stereocenters. The number of hydrogen-bond donors (Lipinski definition) is 0. The maximum Gasteiger partial charge on any atom is 0.137 e. The topological polar surface area (TPSA) is 27.7 Å². The van der Waals surface area contributed by atoms with Crippen LogP contribution < -0.4 is 14.2 Å². The molecule has 0 radical (unpaired) electrons. The molecule has 0 fully saturated rings. The highest BCUT2D eigenvalue weighted by molar-refractivity contribution is 6.30. The second-order valence-electron chi connectivity index (χ2n) is 9.39. The van der Waals surface area contributed by atoms with E-state index in [1.807, 2.05) is 30.3 Å². The van der Waals surface area contributed by atoms with Crippen LogP contribution in [0.3, 0.4) is 0 Å². The molecule has 2 aliphatic rings. The fourth-order valence-corrected chi connectivity index (χ4v) is 4.52. The lowest BCUT2D eigenvalue weighted by Crippen LogP contribution is -2.27. The van der Waals surface area contributed by atoms with Crippen LogP contribution in [0.25, 0.3) is 17.7 Å². The second kappa shape index (κ2) is 9.23. The van der Waals surface area contributed by atoms with Crippen molar-refractivity contribution in [2.45, 2.75) is 45.8 Å². The number of benzene rings is 3. The van der Waals surface area contributed by atoms with E-state index in [4.69, 9.17) is 25.8 Å². The van der Waals surface area contributed by atoms with Gasteiger partial charge in [0.1, 0.15) is 36.1 Å². The molecule has 0 spiro atoms. The van der Waals surface area contributed by atoms with Crippen molar-refractivity contribution < 1.29 is 14.2 Å². The van der Waals surface area contributed by atoms with Gasteiger partial charge in [-0.1, -0.05) is 49.2 Å². The Balaban J connectivity index is 1.47. The highest BCUT2D eigenvalue weighted by atomic mass is 35.5. The van der Waals surface area contributed by atoms with Crippen molar-refractivity contribution in [3.05, 3.63) is 93.5 Å². The summed E-state index contributed by atoms with van der Waals surface area (Å²) in [5, 5.41) is 0.726. The van der Waals surface area contributed by atoms with E-state index in [0.29, 0.717) is 13.2 Å². The van der Waals surface area contributed by atoms with Gasteiger partial charge in [0.05, 0.1) is 5.56 Å². The largest absolute Gasteiger partial charge is 0.488 e. The van der Waals surface area contributed by atoms with Crippen LogP contribution >= 0.6 is 11.6 Å². The van der Waals surface area contributed by atoms with E-state index in [1.54, 1.807) is 0 Å². The standard InChI is InChI=1S/C30H29ClO3/c1-4-5-20-8-12-25(28(16-20)32-18-21-6-10-24(31)11-7-21)23-17-22-9-13-27-26(29(22)33-19-23)14-15-30(2,3)34-27/h6-17H,4-5,18-19H2,1-3H3. The fraction of sp³-hybridized carbons (Fsp3) is 0.267. The molecule has 2 heterocycles. The van der Waals surface area contributed by atoms with Crippen molar-refractivity contribution in [1.82, 2.24) is 0 Å². The number of aryl methyl sites for hydroxylation is 1. The van der Waals surface area contributed by atoms with Crippen LogP contribution in [-0.4, -0.2) is 12.2 Å². The quantitative estimate of drug-likeness (QED) is 0.364. The molecule has 0 saturated heterocycles. The third kappa shape index (κ3) is 4.71. The summed E-state index contributed by atoms with van der Waals surface area (Å²) in [6.07, 6.45) is 8.50. The first-order chi connectivity index (χ1) is 16.4. The fourth-order valence-electron chi connectivity index (χ4n) is 4.39. The Kier molecular flexibility index (Phi) is 6.14. The van der Waals surface area contributed by atoms with Gasteiger partial charge in [-0.05, 0) is 80.0 Å². The van der Waals surface area contributed by atoms with E-state index in [2.05, 4.69) is 63.3 Å². The van der Waals surface area contributed by atoms with E-state index < -0.39 is 0 Å². The summed E-state index contributed by atoms with van der Waals surface area (Å²) in [5.74, 6) is 2.61. The highest BCUT2D eigenvalue weighted by Crippen LogP contribution is 2.43. The maximum atomic E-state index is 6.33. The van der Waals surface area contributed by atoms with E-state index in [9.17, 15) is 0 Å². The van der Waals surface area contributed by atoms with Crippen LogP contribution in [0, 0.1) is 0 Å². The van der Waals surface area contributed by atoms with Gasteiger partial charge in [0.25, 0.3) is 0 Å². The number of ether oxygens (including phenoxy) is 3. The van der Waals surface area contributed by atoms with Gasteiger partial charge >= 0.3 is 0 Å². The summed E-state index contributed by atoms with van der Waals surface area (Å²) in [6, 6.07) is 18.4. The van der Waals surface area contributed by atoms with Gasteiger partial charge < -0.3 is 14.2 Å². The predicted molar refractivity (Wildman–Crippen MR) is 140 cm³/mol. The van der Waals surface area contributed by atoms with E-state index in [-0.39, 0.29) is 5.60 Å². The number of hydrogen-bond acceptors (Lipinski definition) is 3. The first-order valence-corrected chi connectivity index (χ1v) is 12.2. The Labute approximate surface area is 206 Å². The Morgan fingerprint density at radius 3 is 2.59 bits per heavy atom. The smallest absolute Gasteiger partial charge is 0.137 e. The molecule has 34 heavy (non-hydrogen) atoms. The van der Waals surface area contributed by atoms with Crippen LogP contribution in [0.4, 0.5) is 0 Å². The third-order valence-corrected chi connectivity index (χ3v) is 6.40. The summed E-state index contributed by atoms with van der Waals surface area (Å²) in [5.41, 5.74) is 6.26. The van der Waals surface area contributed by atoms with Crippen LogP contribution in [0.2, 0.25) is 5.02 Å². The molecule has 0 aromatic heterocycles. The van der Waals surface area contributed by atoms with Crippen molar-refractivity contribution in [2.24, 2.45) is 0 Å². The van der Waals surface area contributed by atoms with Crippen molar-refractivity contribution >= 4 is 29.3 Å². The van der Waals surface area contributed by atoms with Gasteiger partial charge in [0, 0.05) is 21.7 Å². The molecule has 0 bridgehead atoms. The van der Waals surface area contributed by atoms with Gasteiger partial charge in [0.2, 0.25) is 0 Å². The zero-order valence-corrected chi connectivity index (χ0v) is 20.6. The third-order valence-electron chi connectivity index (χ3n) is 6.15. The molecule has 0 amide bonds. The monoisotopic (exact) mass is 472 g/mol. The Bertz CT molecular complexity index is 1270. The molecule has 0 aliphatic carbocycles. The second-order valence-corrected chi connectivity index (χ2v) is 9.82. The summed E-state index contributed by atoms with van der Waals surface area (Å²) in [4.78, 5) is 0. The lowest BCUT2D eigenvalue weighted by Gasteiger charge is -2.30. The van der Waals surface area contributed by atoms with E-state index in [1.165, 1.54) is 5.56 Å². The summed E-state index contributed by atoms with van der Waals surface area (Å²) in [7, 11) is 0. The van der Waals surface area contributed by atoms with Crippen LogP contribution in [0.5, 0.6) is 17.2 Å². The van der Waals surface area contributed by atoms with Gasteiger partial charge in [-0.3, -0.25) is 0 Å². The molecule has 174 valence electrons. The molecular weight excluding hydrogens is 444 g/mol. The minimum absolute atomic E-state index is 0.312.